The van der Waals surface area contributed by atoms with Crippen molar-refractivity contribution < 1.29 is 13.9 Å². The molecular formula is C10H9BrFN3O2. The smallest absolute Gasteiger partial charge is 0.340 e. The van der Waals surface area contributed by atoms with Gasteiger partial charge in [0.1, 0.15) is 5.52 Å². The molecular weight excluding hydrogens is 293 g/mol. The van der Waals surface area contributed by atoms with Crippen LogP contribution >= 0.6 is 15.9 Å². The van der Waals surface area contributed by atoms with Crippen molar-refractivity contribution in [3.05, 3.63) is 22.1 Å². The van der Waals surface area contributed by atoms with Crippen LogP contribution in [0.3, 0.4) is 0 Å². The maximum absolute atomic E-state index is 13.8. The second-order valence-corrected chi connectivity index (χ2v) is 4.27. The molecule has 0 amide bonds. The van der Waals surface area contributed by atoms with Crippen LogP contribution < -0.4 is 5.73 Å². The van der Waals surface area contributed by atoms with Crippen molar-refractivity contribution in [2.75, 3.05) is 12.8 Å². The lowest BCUT2D eigenvalue weighted by Crippen LogP contribution is -2.08. The Hall–Kier alpha value is -1.63. The number of benzene rings is 1. The van der Waals surface area contributed by atoms with Crippen LogP contribution in [0.4, 0.5) is 10.1 Å². The van der Waals surface area contributed by atoms with E-state index in [9.17, 15) is 9.18 Å². The number of nitrogens with zero attached hydrogens (tertiary/aromatic N) is 2. The Kier molecular flexibility index (Phi) is 2.78. The predicted molar refractivity (Wildman–Crippen MR) is 64.1 cm³/mol. The van der Waals surface area contributed by atoms with Gasteiger partial charge in [-0.05, 0) is 15.9 Å². The fraction of sp³-hybridized carbons (Fsp3) is 0.200. The summed E-state index contributed by atoms with van der Waals surface area (Å²) in [5.41, 5.74) is 5.68. The van der Waals surface area contributed by atoms with E-state index in [1.54, 1.807) is 13.2 Å². The molecule has 0 radical (unpaired) electrons. The predicted octanol–water partition coefficient (Wildman–Crippen LogP) is 1.84. The van der Waals surface area contributed by atoms with E-state index in [2.05, 4.69) is 25.8 Å². The van der Waals surface area contributed by atoms with Crippen LogP contribution in [-0.4, -0.2) is 22.9 Å². The summed E-state index contributed by atoms with van der Waals surface area (Å²) in [6.07, 6.45) is 1.59. The number of methoxy groups -OCH3 is 1. The van der Waals surface area contributed by atoms with E-state index in [4.69, 9.17) is 5.73 Å². The van der Waals surface area contributed by atoms with Gasteiger partial charge in [0.05, 0.1) is 22.8 Å². The molecule has 0 bridgehead atoms. The van der Waals surface area contributed by atoms with Gasteiger partial charge in [-0.15, -0.1) is 0 Å². The number of aromatic nitrogens is 2. The van der Waals surface area contributed by atoms with Crippen molar-refractivity contribution in [1.29, 1.82) is 0 Å². The van der Waals surface area contributed by atoms with Crippen LogP contribution in [0.5, 0.6) is 0 Å². The number of halogens is 2. The third kappa shape index (κ3) is 1.66. The number of aryl methyl sites for hydroxylation is 1. The molecule has 0 saturated heterocycles. The zero-order chi connectivity index (χ0) is 12.7. The molecule has 0 aliphatic heterocycles. The first-order valence-electron chi connectivity index (χ1n) is 4.65. The number of anilines is 1. The highest BCUT2D eigenvalue weighted by atomic mass is 79.9. The third-order valence-corrected chi connectivity index (χ3v) is 3.12. The number of rotatable bonds is 1. The van der Waals surface area contributed by atoms with Gasteiger partial charge in [0.15, 0.2) is 5.82 Å². The third-order valence-electron chi connectivity index (χ3n) is 2.39. The molecule has 90 valence electrons. The summed E-state index contributed by atoms with van der Waals surface area (Å²) in [7, 11) is 2.88. The normalized spacial score (nSPS) is 10.8. The van der Waals surface area contributed by atoms with E-state index in [1.807, 2.05) is 0 Å². The van der Waals surface area contributed by atoms with E-state index in [1.165, 1.54) is 11.8 Å². The quantitative estimate of drug-likeness (QED) is 0.644. The summed E-state index contributed by atoms with van der Waals surface area (Å²) in [5, 5.41) is 4.51. The number of carbonyl (C=O) groups excluding carboxylic acids is 1. The Bertz CT molecular complexity index is 624. The average molecular weight is 302 g/mol. The molecule has 2 N–H and O–H groups in total. The maximum atomic E-state index is 13.8. The fourth-order valence-corrected chi connectivity index (χ4v) is 2.14. The highest BCUT2D eigenvalue weighted by Gasteiger charge is 2.23. The van der Waals surface area contributed by atoms with Crippen molar-refractivity contribution >= 4 is 38.5 Å². The largest absolute Gasteiger partial charge is 0.465 e. The molecule has 0 aliphatic carbocycles. The van der Waals surface area contributed by atoms with Crippen molar-refractivity contribution in [2.45, 2.75) is 0 Å². The first kappa shape index (κ1) is 11.8. The van der Waals surface area contributed by atoms with E-state index in [-0.39, 0.29) is 15.7 Å². The minimum Gasteiger partial charge on any atom is -0.465 e. The van der Waals surface area contributed by atoms with Crippen LogP contribution in [0.15, 0.2) is 10.7 Å². The SMILES string of the molecule is COC(=O)c1c(N)c(F)c(Br)c2nn(C)cc12. The molecule has 1 aromatic carbocycles. The fourth-order valence-electron chi connectivity index (χ4n) is 1.63. The van der Waals surface area contributed by atoms with Gasteiger partial charge in [0, 0.05) is 18.6 Å². The highest BCUT2D eigenvalue weighted by molar-refractivity contribution is 9.10. The Morgan fingerprint density at radius 3 is 2.88 bits per heavy atom. The van der Waals surface area contributed by atoms with Crippen LogP contribution in [0.2, 0.25) is 0 Å². The summed E-state index contributed by atoms with van der Waals surface area (Å²) in [6, 6.07) is 0. The van der Waals surface area contributed by atoms with Crippen molar-refractivity contribution in [3.63, 3.8) is 0 Å². The van der Waals surface area contributed by atoms with Gasteiger partial charge >= 0.3 is 5.97 Å². The Morgan fingerprint density at radius 2 is 2.29 bits per heavy atom. The van der Waals surface area contributed by atoms with Crippen LogP contribution in [0.1, 0.15) is 10.4 Å². The first-order valence-corrected chi connectivity index (χ1v) is 5.44. The number of fused-ring (bicyclic) bond motifs is 1. The molecule has 0 spiro atoms. The lowest BCUT2D eigenvalue weighted by molar-refractivity contribution is 0.0603. The molecule has 0 aliphatic rings. The minimum absolute atomic E-state index is 0.00343. The van der Waals surface area contributed by atoms with Gasteiger partial charge in [-0.1, -0.05) is 0 Å². The second-order valence-electron chi connectivity index (χ2n) is 3.47. The molecule has 0 saturated carbocycles. The lowest BCUT2D eigenvalue weighted by Gasteiger charge is -2.07. The monoisotopic (exact) mass is 301 g/mol. The van der Waals surface area contributed by atoms with Crippen molar-refractivity contribution in [1.82, 2.24) is 9.78 Å². The average Bonchev–Trinajstić information content (AvgIpc) is 2.68. The molecule has 2 aromatic rings. The zero-order valence-electron chi connectivity index (χ0n) is 9.12. The molecule has 0 atom stereocenters. The highest BCUT2D eigenvalue weighted by Crippen LogP contribution is 2.34. The van der Waals surface area contributed by atoms with Gasteiger partial charge in [0.25, 0.3) is 0 Å². The van der Waals surface area contributed by atoms with Crippen LogP contribution in [0, 0.1) is 5.82 Å². The van der Waals surface area contributed by atoms with E-state index in [0.717, 1.165) is 0 Å². The Balaban J connectivity index is 2.94. The molecule has 1 heterocycles. The molecule has 2 rings (SSSR count). The molecule has 0 fully saturated rings. The Morgan fingerprint density at radius 1 is 1.65 bits per heavy atom. The van der Waals surface area contributed by atoms with Gasteiger partial charge in [-0.3, -0.25) is 4.68 Å². The number of carbonyl (C=O) groups is 1. The van der Waals surface area contributed by atoms with Crippen LogP contribution in [-0.2, 0) is 11.8 Å². The van der Waals surface area contributed by atoms with Crippen molar-refractivity contribution in [3.8, 4) is 0 Å². The molecule has 7 heteroatoms. The van der Waals surface area contributed by atoms with E-state index >= 15 is 0 Å². The minimum atomic E-state index is -0.711. The zero-order valence-corrected chi connectivity index (χ0v) is 10.7. The molecule has 5 nitrogen and oxygen atoms in total. The lowest BCUT2D eigenvalue weighted by atomic mass is 10.1. The number of hydrogen-bond donors (Lipinski definition) is 1. The first-order chi connectivity index (χ1) is 7.97. The van der Waals surface area contributed by atoms with Crippen molar-refractivity contribution in [2.24, 2.45) is 7.05 Å². The number of hydrogen-bond acceptors (Lipinski definition) is 4. The van der Waals surface area contributed by atoms with E-state index in [0.29, 0.717) is 10.9 Å². The molecule has 1 aromatic heterocycles. The molecule has 0 unspecified atom stereocenters. The number of esters is 1. The number of nitrogen functional groups attached to an aromatic ring is 1. The summed E-state index contributed by atoms with van der Waals surface area (Å²) in [6.45, 7) is 0. The number of nitrogens with two attached hydrogens (primary N) is 1. The van der Waals surface area contributed by atoms with Gasteiger partial charge in [-0.2, -0.15) is 5.10 Å². The Labute approximate surface area is 104 Å². The summed E-state index contributed by atoms with van der Waals surface area (Å²) in [4.78, 5) is 11.6. The van der Waals surface area contributed by atoms with Crippen LogP contribution in [0.25, 0.3) is 10.9 Å². The number of ether oxygens (including phenoxy) is 1. The second kappa shape index (κ2) is 3.99. The summed E-state index contributed by atoms with van der Waals surface area (Å²) < 4.78 is 20.0. The standard InChI is InChI=1S/C10H9BrFN3O2/c1-15-3-4-5(10(16)17-2)8(13)7(12)6(11)9(4)14-15/h3H,13H2,1-2H3. The van der Waals surface area contributed by atoms with E-state index < -0.39 is 11.8 Å². The van der Waals surface area contributed by atoms with Gasteiger partial charge < -0.3 is 10.5 Å². The molecule has 17 heavy (non-hydrogen) atoms. The summed E-state index contributed by atoms with van der Waals surface area (Å²) in [5.74, 6) is -1.40. The van der Waals surface area contributed by atoms with Gasteiger partial charge in [-0.25, -0.2) is 9.18 Å². The summed E-state index contributed by atoms with van der Waals surface area (Å²) >= 11 is 3.07. The topological polar surface area (TPSA) is 70.1 Å². The maximum Gasteiger partial charge on any atom is 0.340 e. The van der Waals surface area contributed by atoms with Gasteiger partial charge in [0.2, 0.25) is 0 Å².